The minimum absolute atomic E-state index is 0.184. The van der Waals surface area contributed by atoms with E-state index in [1.54, 1.807) is 0 Å². The summed E-state index contributed by atoms with van der Waals surface area (Å²) >= 11 is 0. The zero-order chi connectivity index (χ0) is 15.2. The fourth-order valence-corrected chi connectivity index (χ4v) is 2.14. The second-order valence-corrected chi connectivity index (χ2v) is 4.70. The molecule has 0 aliphatic carbocycles. The molecule has 1 aromatic carbocycles. The van der Waals surface area contributed by atoms with Crippen molar-refractivity contribution in [2.75, 3.05) is 6.61 Å². The number of benzene rings is 1. The maximum absolute atomic E-state index is 9.95. The number of rotatable bonds is 5. The fourth-order valence-electron chi connectivity index (χ4n) is 2.14. The summed E-state index contributed by atoms with van der Waals surface area (Å²) in [5.74, 6) is 0. The topological polar surface area (TPSA) is 128 Å². The highest BCUT2D eigenvalue weighted by atomic mass is 16.7. The molecule has 5 atom stereocenters. The smallest absolute Gasteiger partial charge is 0.169 e. The number of hydrogen-bond donors (Lipinski definition) is 3. The predicted octanol–water partition coefficient (Wildman–Crippen LogP) is 0.321. The van der Waals surface area contributed by atoms with Gasteiger partial charge in [0.15, 0.2) is 6.29 Å². The van der Waals surface area contributed by atoms with E-state index in [0.717, 1.165) is 5.56 Å². The monoisotopic (exact) mass is 295 g/mol. The Morgan fingerprint density at radius 2 is 1.95 bits per heavy atom. The Morgan fingerprint density at radius 1 is 1.24 bits per heavy atom. The molecule has 0 unspecified atom stereocenters. The molecule has 1 saturated heterocycles. The molecule has 0 radical (unpaired) electrons. The quantitative estimate of drug-likeness (QED) is 0.409. The minimum atomic E-state index is -1.37. The van der Waals surface area contributed by atoms with Crippen LogP contribution in [0.2, 0.25) is 0 Å². The molecule has 1 aliphatic heterocycles. The largest absolute Gasteiger partial charge is 0.394 e. The summed E-state index contributed by atoms with van der Waals surface area (Å²) in [6, 6.07) is 8.17. The second-order valence-electron chi connectivity index (χ2n) is 4.70. The molecule has 0 saturated carbocycles. The van der Waals surface area contributed by atoms with Crippen molar-refractivity contribution in [3.8, 4) is 0 Å². The van der Waals surface area contributed by atoms with Gasteiger partial charge in [-0.1, -0.05) is 35.4 Å². The number of nitrogens with zero attached hydrogens (tertiary/aromatic N) is 3. The van der Waals surface area contributed by atoms with E-state index in [2.05, 4.69) is 10.0 Å². The molecule has 0 amide bonds. The first-order chi connectivity index (χ1) is 10.2. The van der Waals surface area contributed by atoms with E-state index in [9.17, 15) is 10.2 Å². The number of azide groups is 1. The molecule has 3 N–H and O–H groups in total. The average Bonchev–Trinajstić information content (AvgIpc) is 2.52. The lowest BCUT2D eigenvalue weighted by Gasteiger charge is -2.40. The van der Waals surface area contributed by atoms with Crippen LogP contribution in [0.4, 0.5) is 0 Å². The first kappa shape index (κ1) is 15.7. The highest BCUT2D eigenvalue weighted by molar-refractivity contribution is 5.13. The van der Waals surface area contributed by atoms with E-state index >= 15 is 0 Å². The fraction of sp³-hybridized carbons (Fsp3) is 0.538. The molecule has 2 rings (SSSR count). The summed E-state index contributed by atoms with van der Waals surface area (Å²) in [6.45, 7) is -0.295. The van der Waals surface area contributed by atoms with E-state index in [1.165, 1.54) is 0 Å². The summed E-state index contributed by atoms with van der Waals surface area (Å²) in [6.07, 6.45) is -4.75. The Kier molecular flexibility index (Phi) is 5.51. The maximum atomic E-state index is 9.95. The van der Waals surface area contributed by atoms with Gasteiger partial charge in [-0.3, -0.25) is 0 Å². The Bertz CT molecular complexity index is 494. The molecule has 1 aliphatic rings. The van der Waals surface area contributed by atoms with Crippen molar-refractivity contribution < 1.29 is 24.8 Å². The third-order valence-electron chi connectivity index (χ3n) is 3.29. The van der Waals surface area contributed by atoms with Gasteiger partial charge in [-0.25, -0.2) is 0 Å². The Morgan fingerprint density at radius 3 is 2.57 bits per heavy atom. The van der Waals surface area contributed by atoms with E-state index in [4.69, 9.17) is 20.1 Å². The van der Waals surface area contributed by atoms with Gasteiger partial charge in [0, 0.05) is 4.91 Å². The molecule has 1 heterocycles. The van der Waals surface area contributed by atoms with Gasteiger partial charge in [-0.05, 0) is 11.1 Å². The number of aliphatic hydroxyl groups excluding tert-OH is 3. The summed E-state index contributed by atoms with van der Waals surface area (Å²) in [5.41, 5.74) is 9.43. The van der Waals surface area contributed by atoms with Gasteiger partial charge in [0.25, 0.3) is 0 Å². The third-order valence-corrected chi connectivity index (χ3v) is 3.29. The van der Waals surface area contributed by atoms with Crippen LogP contribution in [0.15, 0.2) is 35.4 Å². The van der Waals surface area contributed by atoms with Gasteiger partial charge in [-0.15, -0.1) is 0 Å². The summed E-state index contributed by atoms with van der Waals surface area (Å²) in [7, 11) is 0. The molecule has 8 nitrogen and oxygen atoms in total. The molecule has 1 aromatic rings. The third kappa shape index (κ3) is 3.70. The Hall–Kier alpha value is -1.67. The van der Waals surface area contributed by atoms with E-state index in [0.29, 0.717) is 0 Å². The van der Waals surface area contributed by atoms with Crippen LogP contribution in [0.1, 0.15) is 5.56 Å². The van der Waals surface area contributed by atoms with Gasteiger partial charge in [0.05, 0.1) is 19.3 Å². The van der Waals surface area contributed by atoms with Crippen LogP contribution >= 0.6 is 0 Å². The van der Waals surface area contributed by atoms with E-state index in [1.807, 2.05) is 30.3 Å². The van der Waals surface area contributed by atoms with Crippen LogP contribution in [0.3, 0.4) is 0 Å². The van der Waals surface area contributed by atoms with Crippen molar-refractivity contribution in [1.82, 2.24) is 0 Å². The molecular formula is C13H17N3O5. The van der Waals surface area contributed by atoms with Gasteiger partial charge < -0.3 is 24.8 Å². The van der Waals surface area contributed by atoms with Gasteiger partial charge in [0.2, 0.25) is 0 Å². The summed E-state index contributed by atoms with van der Waals surface area (Å²) in [4.78, 5) is 2.63. The number of ether oxygens (including phenoxy) is 2. The van der Waals surface area contributed by atoms with Crippen molar-refractivity contribution in [1.29, 1.82) is 0 Å². The maximum Gasteiger partial charge on any atom is 0.169 e. The number of hydrogen-bond acceptors (Lipinski definition) is 6. The van der Waals surface area contributed by atoms with Crippen LogP contribution < -0.4 is 0 Å². The van der Waals surface area contributed by atoms with Crippen molar-refractivity contribution in [2.45, 2.75) is 37.3 Å². The molecule has 0 bridgehead atoms. The lowest BCUT2D eigenvalue weighted by atomic mass is 9.98. The zero-order valence-electron chi connectivity index (χ0n) is 11.2. The molecule has 21 heavy (non-hydrogen) atoms. The molecule has 1 fully saturated rings. The SMILES string of the molecule is [N-]=[N+]=N[C@H]1[C@H](OCc2ccccc2)O[C@H](CO)[C@H](O)[C@@H]1O. The molecular weight excluding hydrogens is 278 g/mol. The van der Waals surface area contributed by atoms with Crippen LogP contribution in [0, 0.1) is 0 Å². The van der Waals surface area contributed by atoms with Gasteiger partial charge in [0.1, 0.15) is 18.2 Å². The molecule has 8 heteroatoms. The Labute approximate surface area is 121 Å². The molecule has 0 spiro atoms. The Balaban J connectivity index is 2.08. The minimum Gasteiger partial charge on any atom is -0.394 e. The first-order valence-corrected chi connectivity index (χ1v) is 6.49. The van der Waals surface area contributed by atoms with Crippen molar-refractivity contribution in [3.63, 3.8) is 0 Å². The highest BCUT2D eigenvalue weighted by Crippen LogP contribution is 2.25. The van der Waals surface area contributed by atoms with Crippen molar-refractivity contribution in [2.24, 2.45) is 5.11 Å². The molecule has 114 valence electrons. The highest BCUT2D eigenvalue weighted by Gasteiger charge is 2.44. The second kappa shape index (κ2) is 7.37. The first-order valence-electron chi connectivity index (χ1n) is 6.49. The summed E-state index contributed by atoms with van der Waals surface area (Å²) < 4.78 is 10.9. The van der Waals surface area contributed by atoms with Gasteiger partial charge >= 0.3 is 0 Å². The number of aliphatic hydroxyl groups is 3. The van der Waals surface area contributed by atoms with Crippen LogP contribution in [0.5, 0.6) is 0 Å². The summed E-state index contributed by atoms with van der Waals surface area (Å²) in [5, 5.41) is 32.3. The zero-order valence-corrected chi connectivity index (χ0v) is 11.2. The predicted molar refractivity (Wildman–Crippen MR) is 71.9 cm³/mol. The van der Waals surface area contributed by atoms with Crippen LogP contribution in [-0.4, -0.2) is 52.6 Å². The van der Waals surface area contributed by atoms with E-state index in [-0.39, 0.29) is 6.61 Å². The van der Waals surface area contributed by atoms with E-state index < -0.39 is 37.3 Å². The van der Waals surface area contributed by atoms with Crippen molar-refractivity contribution in [3.05, 3.63) is 46.3 Å². The van der Waals surface area contributed by atoms with Crippen LogP contribution in [0.25, 0.3) is 10.4 Å². The lowest BCUT2D eigenvalue weighted by Crippen LogP contribution is -2.58. The molecule has 0 aromatic heterocycles. The van der Waals surface area contributed by atoms with Gasteiger partial charge in [-0.2, -0.15) is 0 Å². The standard InChI is InChI=1S/C13H17N3O5/c14-16-15-10-12(19)11(18)9(6-17)21-13(10)20-7-8-4-2-1-3-5-8/h1-5,9-13,17-19H,6-7H2/t9-,10-,11+,12-,13-/m1/s1. The normalized spacial score (nSPS) is 32.4. The van der Waals surface area contributed by atoms with Crippen molar-refractivity contribution >= 4 is 0 Å². The average molecular weight is 295 g/mol. The lowest BCUT2D eigenvalue weighted by molar-refractivity contribution is -0.268. The van der Waals surface area contributed by atoms with Crippen LogP contribution in [-0.2, 0) is 16.1 Å².